The first-order chi connectivity index (χ1) is 12.9. The Kier molecular flexibility index (Phi) is 5.86. The van der Waals surface area contributed by atoms with E-state index in [9.17, 15) is 9.59 Å². The van der Waals surface area contributed by atoms with E-state index < -0.39 is 11.8 Å². The standard InChI is InChI=1S/C20H23ClN4O2/c1-23(2)17-7-4-6-16(14-17)22-19(26)20(27)25-11-9-24(10-12-25)18-8-3-5-15(21)13-18/h3-8,13-14H,9-12H2,1-2H3,(H,22,26). The van der Waals surface area contributed by atoms with Gasteiger partial charge in [0, 0.05) is 62.4 Å². The fraction of sp³-hybridized carbons (Fsp3) is 0.300. The summed E-state index contributed by atoms with van der Waals surface area (Å²) in [7, 11) is 3.84. The van der Waals surface area contributed by atoms with Gasteiger partial charge in [0.15, 0.2) is 0 Å². The molecule has 1 aliphatic heterocycles. The van der Waals surface area contributed by atoms with E-state index in [4.69, 9.17) is 11.6 Å². The molecule has 0 radical (unpaired) electrons. The SMILES string of the molecule is CN(C)c1cccc(NC(=O)C(=O)N2CCN(c3cccc(Cl)c3)CC2)c1. The van der Waals surface area contributed by atoms with E-state index in [1.165, 1.54) is 0 Å². The van der Waals surface area contributed by atoms with Gasteiger partial charge in [-0.15, -0.1) is 0 Å². The third-order valence-electron chi connectivity index (χ3n) is 4.55. The number of anilines is 3. The monoisotopic (exact) mass is 386 g/mol. The molecule has 1 aliphatic rings. The zero-order valence-electron chi connectivity index (χ0n) is 15.5. The Morgan fingerprint density at radius 3 is 2.37 bits per heavy atom. The first-order valence-corrected chi connectivity index (χ1v) is 9.20. The van der Waals surface area contributed by atoms with Crippen molar-refractivity contribution >= 4 is 40.5 Å². The number of hydrogen-bond donors (Lipinski definition) is 1. The van der Waals surface area contributed by atoms with E-state index >= 15 is 0 Å². The van der Waals surface area contributed by atoms with Crippen molar-refractivity contribution in [3.05, 3.63) is 53.6 Å². The first-order valence-electron chi connectivity index (χ1n) is 8.82. The molecule has 1 saturated heterocycles. The summed E-state index contributed by atoms with van der Waals surface area (Å²) < 4.78 is 0. The first kappa shape index (κ1) is 19.0. The van der Waals surface area contributed by atoms with Crippen molar-refractivity contribution < 1.29 is 9.59 Å². The third kappa shape index (κ3) is 4.71. The Morgan fingerprint density at radius 1 is 1.00 bits per heavy atom. The number of piperazine rings is 1. The molecule has 0 aromatic heterocycles. The van der Waals surface area contributed by atoms with Crippen LogP contribution in [0.25, 0.3) is 0 Å². The van der Waals surface area contributed by atoms with Crippen molar-refractivity contribution in [1.82, 2.24) is 4.90 Å². The molecule has 7 heteroatoms. The molecule has 0 aliphatic carbocycles. The molecule has 0 saturated carbocycles. The average Bonchev–Trinajstić information content (AvgIpc) is 2.67. The predicted molar refractivity (Wildman–Crippen MR) is 110 cm³/mol. The lowest BCUT2D eigenvalue weighted by Gasteiger charge is -2.35. The lowest BCUT2D eigenvalue weighted by atomic mass is 10.2. The number of nitrogens with one attached hydrogen (secondary N) is 1. The van der Waals surface area contributed by atoms with Gasteiger partial charge in [-0.25, -0.2) is 0 Å². The third-order valence-corrected chi connectivity index (χ3v) is 4.79. The molecule has 0 bridgehead atoms. The number of carbonyl (C=O) groups is 2. The maximum atomic E-state index is 12.5. The summed E-state index contributed by atoms with van der Waals surface area (Å²) in [5.41, 5.74) is 2.59. The van der Waals surface area contributed by atoms with Crippen LogP contribution in [-0.2, 0) is 9.59 Å². The summed E-state index contributed by atoms with van der Waals surface area (Å²) >= 11 is 6.05. The van der Waals surface area contributed by atoms with Crippen molar-refractivity contribution in [3.63, 3.8) is 0 Å². The topological polar surface area (TPSA) is 55.9 Å². The molecule has 2 aromatic carbocycles. The zero-order chi connectivity index (χ0) is 19.4. The predicted octanol–water partition coefficient (Wildman–Crippen LogP) is 2.69. The molecule has 27 heavy (non-hydrogen) atoms. The minimum absolute atomic E-state index is 0.497. The Balaban J connectivity index is 1.57. The largest absolute Gasteiger partial charge is 0.378 e. The van der Waals surface area contributed by atoms with Crippen molar-refractivity contribution in [2.24, 2.45) is 0 Å². The summed E-state index contributed by atoms with van der Waals surface area (Å²) in [6.45, 7) is 2.32. The smallest absolute Gasteiger partial charge is 0.313 e. The molecule has 2 amide bonds. The van der Waals surface area contributed by atoms with Crippen LogP contribution < -0.4 is 15.1 Å². The van der Waals surface area contributed by atoms with Crippen LogP contribution in [0.15, 0.2) is 48.5 Å². The van der Waals surface area contributed by atoms with Crippen LogP contribution in [0, 0.1) is 0 Å². The maximum Gasteiger partial charge on any atom is 0.313 e. The van der Waals surface area contributed by atoms with Gasteiger partial charge in [-0.2, -0.15) is 0 Å². The van der Waals surface area contributed by atoms with Gasteiger partial charge in [0.25, 0.3) is 0 Å². The molecule has 142 valence electrons. The second-order valence-electron chi connectivity index (χ2n) is 6.66. The van der Waals surface area contributed by atoms with Gasteiger partial charge in [-0.1, -0.05) is 23.7 Å². The highest BCUT2D eigenvalue weighted by Crippen LogP contribution is 2.21. The summed E-state index contributed by atoms with van der Waals surface area (Å²) in [6.07, 6.45) is 0. The Morgan fingerprint density at radius 2 is 1.70 bits per heavy atom. The second kappa shape index (κ2) is 8.31. The van der Waals surface area contributed by atoms with Gasteiger partial charge in [0.2, 0.25) is 0 Å². The van der Waals surface area contributed by atoms with Crippen molar-refractivity contribution in [2.75, 3.05) is 55.4 Å². The second-order valence-corrected chi connectivity index (χ2v) is 7.09. The Labute approximate surface area is 164 Å². The molecular weight excluding hydrogens is 364 g/mol. The lowest BCUT2D eigenvalue weighted by Crippen LogP contribution is -2.51. The molecule has 1 fully saturated rings. The highest BCUT2D eigenvalue weighted by atomic mass is 35.5. The molecule has 3 rings (SSSR count). The van der Waals surface area contributed by atoms with Crippen molar-refractivity contribution in [2.45, 2.75) is 0 Å². The number of benzene rings is 2. The normalized spacial score (nSPS) is 14.0. The van der Waals surface area contributed by atoms with Crippen LogP contribution in [0.2, 0.25) is 5.02 Å². The molecule has 0 unspecified atom stereocenters. The summed E-state index contributed by atoms with van der Waals surface area (Å²) in [6, 6.07) is 15.0. The van der Waals surface area contributed by atoms with E-state index in [1.54, 1.807) is 11.0 Å². The minimum atomic E-state index is -0.609. The molecule has 2 aromatic rings. The summed E-state index contributed by atoms with van der Waals surface area (Å²) in [5.74, 6) is -1.11. The van der Waals surface area contributed by atoms with Crippen LogP contribution in [0.4, 0.5) is 17.1 Å². The minimum Gasteiger partial charge on any atom is -0.378 e. The molecular formula is C20H23ClN4O2. The molecule has 1 N–H and O–H groups in total. The quantitative estimate of drug-likeness (QED) is 0.824. The van der Waals surface area contributed by atoms with E-state index in [1.807, 2.05) is 61.5 Å². The summed E-state index contributed by atoms with van der Waals surface area (Å²) in [4.78, 5) is 30.5. The Bertz CT molecular complexity index is 832. The van der Waals surface area contributed by atoms with Crippen LogP contribution in [0.3, 0.4) is 0 Å². The Hall–Kier alpha value is -2.73. The van der Waals surface area contributed by atoms with E-state index in [0.717, 1.165) is 11.4 Å². The highest BCUT2D eigenvalue weighted by Gasteiger charge is 2.26. The van der Waals surface area contributed by atoms with Crippen LogP contribution in [-0.4, -0.2) is 57.0 Å². The lowest BCUT2D eigenvalue weighted by molar-refractivity contribution is -0.143. The van der Waals surface area contributed by atoms with E-state index in [-0.39, 0.29) is 0 Å². The maximum absolute atomic E-state index is 12.5. The van der Waals surface area contributed by atoms with E-state index in [0.29, 0.717) is 36.9 Å². The number of amides is 2. The number of rotatable bonds is 3. The van der Waals surface area contributed by atoms with Crippen molar-refractivity contribution in [3.8, 4) is 0 Å². The van der Waals surface area contributed by atoms with Crippen LogP contribution >= 0.6 is 11.6 Å². The number of hydrogen-bond acceptors (Lipinski definition) is 4. The van der Waals surface area contributed by atoms with Gasteiger partial charge in [0.05, 0.1) is 0 Å². The molecule has 0 atom stereocenters. The van der Waals surface area contributed by atoms with E-state index in [2.05, 4.69) is 10.2 Å². The van der Waals surface area contributed by atoms with Crippen molar-refractivity contribution in [1.29, 1.82) is 0 Å². The highest BCUT2D eigenvalue weighted by molar-refractivity contribution is 6.39. The van der Waals surface area contributed by atoms with Gasteiger partial charge in [0.1, 0.15) is 0 Å². The number of halogens is 1. The molecule has 0 spiro atoms. The van der Waals surface area contributed by atoms with Crippen LogP contribution in [0.5, 0.6) is 0 Å². The molecule has 6 nitrogen and oxygen atoms in total. The molecule has 1 heterocycles. The summed E-state index contributed by atoms with van der Waals surface area (Å²) in [5, 5.41) is 3.38. The number of carbonyl (C=O) groups excluding carboxylic acids is 2. The number of nitrogens with zero attached hydrogens (tertiary/aromatic N) is 3. The van der Waals surface area contributed by atoms with Crippen LogP contribution in [0.1, 0.15) is 0 Å². The van der Waals surface area contributed by atoms with Gasteiger partial charge in [-0.05, 0) is 36.4 Å². The van der Waals surface area contributed by atoms with Gasteiger partial charge >= 0.3 is 11.8 Å². The van der Waals surface area contributed by atoms with Gasteiger partial charge in [-0.3, -0.25) is 9.59 Å². The fourth-order valence-electron chi connectivity index (χ4n) is 3.03. The van der Waals surface area contributed by atoms with Gasteiger partial charge < -0.3 is 20.0 Å². The zero-order valence-corrected chi connectivity index (χ0v) is 16.2. The average molecular weight is 387 g/mol. The fourth-order valence-corrected chi connectivity index (χ4v) is 3.22.